The van der Waals surface area contributed by atoms with Crippen LogP contribution in [0, 0.1) is 0 Å². The Kier molecular flexibility index (Phi) is 3.84. The van der Waals surface area contributed by atoms with Crippen molar-refractivity contribution in [3.05, 3.63) is 34.9 Å². The Labute approximate surface area is 125 Å². The van der Waals surface area contributed by atoms with Crippen molar-refractivity contribution >= 4 is 27.7 Å². The highest BCUT2D eigenvalue weighted by Crippen LogP contribution is 2.30. The summed E-state index contributed by atoms with van der Waals surface area (Å²) in [6, 6.07) is 8.11. The Morgan fingerprint density at radius 3 is 2.55 bits per heavy atom. The highest BCUT2D eigenvalue weighted by atomic mass is 79.9. The number of benzene rings is 1. The van der Waals surface area contributed by atoms with Gasteiger partial charge < -0.3 is 15.4 Å². The minimum absolute atomic E-state index is 0.298. The summed E-state index contributed by atoms with van der Waals surface area (Å²) >= 11 is 3.45. The van der Waals surface area contributed by atoms with Gasteiger partial charge in [0.15, 0.2) is 0 Å². The number of anilines is 2. The van der Waals surface area contributed by atoms with E-state index in [2.05, 4.69) is 30.8 Å². The number of nitrogen functional groups attached to an aromatic ring is 1. The number of rotatable bonds is 2. The fraction of sp³-hybridized carbons (Fsp3) is 0.286. The molecule has 1 saturated heterocycles. The average molecular weight is 335 g/mol. The van der Waals surface area contributed by atoms with Crippen molar-refractivity contribution in [1.82, 2.24) is 9.97 Å². The molecule has 2 N–H and O–H groups in total. The summed E-state index contributed by atoms with van der Waals surface area (Å²) in [6.45, 7) is 3.06. The maximum atomic E-state index is 5.75. The van der Waals surface area contributed by atoms with Gasteiger partial charge in [-0.2, -0.15) is 4.98 Å². The normalized spacial score (nSPS) is 15.3. The third-order valence-corrected chi connectivity index (χ3v) is 3.78. The first-order valence-electron chi connectivity index (χ1n) is 6.45. The van der Waals surface area contributed by atoms with Crippen LogP contribution in [0.3, 0.4) is 0 Å². The molecule has 1 aliphatic rings. The van der Waals surface area contributed by atoms with Crippen molar-refractivity contribution in [2.45, 2.75) is 0 Å². The number of hydrogen-bond donors (Lipinski definition) is 1. The predicted molar refractivity (Wildman–Crippen MR) is 82.6 cm³/mol. The minimum atomic E-state index is 0.298. The lowest BCUT2D eigenvalue weighted by Crippen LogP contribution is -2.37. The number of hydrogen-bond acceptors (Lipinski definition) is 5. The Hall–Kier alpha value is -1.66. The zero-order valence-electron chi connectivity index (χ0n) is 10.9. The second-order valence-corrected chi connectivity index (χ2v) is 5.49. The SMILES string of the molecule is Nc1ncc(-c2ccc(Br)cc2)c(N2CCOCC2)n1. The molecule has 1 aliphatic heterocycles. The number of aromatic nitrogens is 2. The topological polar surface area (TPSA) is 64.3 Å². The van der Waals surface area contributed by atoms with Gasteiger partial charge in [-0.25, -0.2) is 4.98 Å². The van der Waals surface area contributed by atoms with Gasteiger partial charge in [-0.05, 0) is 17.7 Å². The van der Waals surface area contributed by atoms with E-state index in [-0.39, 0.29) is 0 Å². The van der Waals surface area contributed by atoms with Crippen LogP contribution in [-0.2, 0) is 4.74 Å². The lowest BCUT2D eigenvalue weighted by Gasteiger charge is -2.29. The maximum absolute atomic E-state index is 5.75. The van der Waals surface area contributed by atoms with Gasteiger partial charge in [0.25, 0.3) is 0 Å². The van der Waals surface area contributed by atoms with Gasteiger partial charge in [0.1, 0.15) is 5.82 Å². The summed E-state index contributed by atoms with van der Waals surface area (Å²) < 4.78 is 6.44. The lowest BCUT2D eigenvalue weighted by atomic mass is 10.1. The number of morpholine rings is 1. The van der Waals surface area contributed by atoms with Gasteiger partial charge in [0.2, 0.25) is 5.95 Å². The minimum Gasteiger partial charge on any atom is -0.378 e. The van der Waals surface area contributed by atoms with E-state index < -0.39 is 0 Å². The fourth-order valence-corrected chi connectivity index (χ4v) is 2.50. The van der Waals surface area contributed by atoms with Crippen molar-refractivity contribution in [1.29, 1.82) is 0 Å². The van der Waals surface area contributed by atoms with Crippen molar-refractivity contribution < 1.29 is 4.74 Å². The van der Waals surface area contributed by atoms with Crippen molar-refractivity contribution in [2.24, 2.45) is 0 Å². The van der Waals surface area contributed by atoms with Gasteiger partial charge in [0, 0.05) is 29.3 Å². The second kappa shape index (κ2) is 5.76. The third kappa shape index (κ3) is 2.76. The van der Waals surface area contributed by atoms with Crippen LogP contribution < -0.4 is 10.6 Å². The maximum Gasteiger partial charge on any atom is 0.221 e. The van der Waals surface area contributed by atoms with Crippen molar-refractivity contribution in [2.75, 3.05) is 36.9 Å². The molecule has 20 heavy (non-hydrogen) atoms. The molecule has 1 aromatic heterocycles. The first-order valence-corrected chi connectivity index (χ1v) is 7.24. The van der Waals surface area contributed by atoms with Crippen molar-refractivity contribution in [3.8, 4) is 11.1 Å². The van der Waals surface area contributed by atoms with E-state index in [1.807, 2.05) is 24.3 Å². The largest absolute Gasteiger partial charge is 0.378 e. The molecule has 0 saturated carbocycles. The zero-order valence-corrected chi connectivity index (χ0v) is 12.5. The van der Waals surface area contributed by atoms with Crippen LogP contribution in [0.15, 0.2) is 34.9 Å². The molecule has 6 heteroatoms. The molecule has 0 spiro atoms. The third-order valence-electron chi connectivity index (χ3n) is 3.25. The molecule has 0 amide bonds. The molecule has 0 radical (unpaired) electrons. The summed E-state index contributed by atoms with van der Waals surface area (Å²) in [5, 5.41) is 0. The summed E-state index contributed by atoms with van der Waals surface area (Å²) in [4.78, 5) is 10.7. The van der Waals surface area contributed by atoms with E-state index in [9.17, 15) is 0 Å². The van der Waals surface area contributed by atoms with Crippen LogP contribution in [-0.4, -0.2) is 36.3 Å². The second-order valence-electron chi connectivity index (χ2n) is 4.57. The molecular weight excluding hydrogens is 320 g/mol. The molecule has 0 atom stereocenters. The van der Waals surface area contributed by atoms with Crippen LogP contribution in [0.25, 0.3) is 11.1 Å². The van der Waals surface area contributed by atoms with Crippen LogP contribution in [0.5, 0.6) is 0 Å². The number of ether oxygens (including phenoxy) is 1. The highest BCUT2D eigenvalue weighted by Gasteiger charge is 2.18. The van der Waals surface area contributed by atoms with E-state index in [1.165, 1.54) is 0 Å². The van der Waals surface area contributed by atoms with Crippen molar-refractivity contribution in [3.63, 3.8) is 0 Å². The first-order chi connectivity index (χ1) is 9.74. The molecule has 0 unspecified atom stereocenters. The van der Waals surface area contributed by atoms with E-state index in [0.29, 0.717) is 19.2 Å². The van der Waals surface area contributed by atoms with Crippen LogP contribution in [0.2, 0.25) is 0 Å². The van der Waals surface area contributed by atoms with E-state index >= 15 is 0 Å². The standard InChI is InChI=1S/C14H15BrN4O/c15-11-3-1-10(2-4-11)12-9-17-14(16)18-13(12)19-5-7-20-8-6-19/h1-4,9H,5-8H2,(H2,16,17,18). The molecule has 2 heterocycles. The average Bonchev–Trinajstić information content (AvgIpc) is 2.49. The van der Waals surface area contributed by atoms with Crippen LogP contribution in [0.4, 0.5) is 11.8 Å². The summed E-state index contributed by atoms with van der Waals surface area (Å²) in [7, 11) is 0. The molecule has 2 aromatic rings. The van der Waals surface area contributed by atoms with Gasteiger partial charge >= 0.3 is 0 Å². The lowest BCUT2D eigenvalue weighted by molar-refractivity contribution is 0.122. The van der Waals surface area contributed by atoms with E-state index in [1.54, 1.807) is 6.20 Å². The van der Waals surface area contributed by atoms with Crippen LogP contribution >= 0.6 is 15.9 Å². The predicted octanol–water partition coefficient (Wildman–Crippen LogP) is 2.32. The molecule has 0 aliphatic carbocycles. The van der Waals surface area contributed by atoms with Gasteiger partial charge in [-0.1, -0.05) is 28.1 Å². The zero-order chi connectivity index (χ0) is 13.9. The molecule has 5 nitrogen and oxygen atoms in total. The Morgan fingerprint density at radius 2 is 1.85 bits per heavy atom. The number of nitrogens with two attached hydrogens (primary N) is 1. The Morgan fingerprint density at radius 1 is 1.15 bits per heavy atom. The summed E-state index contributed by atoms with van der Waals surface area (Å²) in [6.07, 6.45) is 1.79. The number of nitrogens with zero attached hydrogens (tertiary/aromatic N) is 3. The Bertz CT molecular complexity index is 597. The molecule has 3 rings (SSSR count). The van der Waals surface area contributed by atoms with Crippen LogP contribution in [0.1, 0.15) is 0 Å². The van der Waals surface area contributed by atoms with Gasteiger partial charge in [0.05, 0.1) is 13.2 Å². The monoisotopic (exact) mass is 334 g/mol. The fourth-order valence-electron chi connectivity index (χ4n) is 2.24. The molecule has 104 valence electrons. The van der Waals surface area contributed by atoms with E-state index in [4.69, 9.17) is 10.5 Å². The molecule has 1 fully saturated rings. The first kappa shape index (κ1) is 13.3. The van der Waals surface area contributed by atoms with E-state index in [0.717, 1.165) is 34.5 Å². The van der Waals surface area contributed by atoms with Gasteiger partial charge in [-0.15, -0.1) is 0 Å². The summed E-state index contributed by atoms with van der Waals surface area (Å²) in [5.41, 5.74) is 7.82. The smallest absolute Gasteiger partial charge is 0.221 e. The molecular formula is C14H15BrN4O. The molecule has 1 aromatic carbocycles. The van der Waals surface area contributed by atoms with Gasteiger partial charge in [-0.3, -0.25) is 0 Å². The Balaban J connectivity index is 2.03. The molecule has 0 bridgehead atoms. The summed E-state index contributed by atoms with van der Waals surface area (Å²) in [5.74, 6) is 1.18. The number of halogens is 1. The quantitative estimate of drug-likeness (QED) is 0.913. The highest BCUT2D eigenvalue weighted by molar-refractivity contribution is 9.10.